The van der Waals surface area contributed by atoms with Crippen molar-refractivity contribution < 1.29 is 14.3 Å². The molecule has 0 aliphatic carbocycles. The van der Waals surface area contributed by atoms with Gasteiger partial charge in [-0.3, -0.25) is 4.79 Å². The van der Waals surface area contributed by atoms with Crippen LogP contribution in [0.2, 0.25) is 5.02 Å². The number of esters is 1. The molecule has 3 aromatic rings. The Hall–Kier alpha value is -3.00. The maximum Gasteiger partial charge on any atom is 0.379 e. The summed E-state index contributed by atoms with van der Waals surface area (Å²) in [7, 11) is 0. The summed E-state index contributed by atoms with van der Waals surface area (Å²) in [5.41, 5.74) is 2.05. The standard InChI is InChI=1S/C17H16ClN5O3/c1-9-7-10(2)23-17(19-9)21-14(22-23)16(25)26-11(3)15(24)20-13-6-4-5-12(18)8-13/h4-8,11H,1-3H3,(H,20,24)/t11-/m0/s1. The molecule has 0 saturated heterocycles. The molecule has 9 heteroatoms. The number of hydrogen-bond acceptors (Lipinski definition) is 6. The fourth-order valence-electron chi connectivity index (χ4n) is 2.33. The molecular weight excluding hydrogens is 358 g/mol. The zero-order chi connectivity index (χ0) is 18.8. The van der Waals surface area contributed by atoms with Gasteiger partial charge in [0, 0.05) is 22.1 Å². The monoisotopic (exact) mass is 373 g/mol. The zero-order valence-corrected chi connectivity index (χ0v) is 15.1. The number of hydrogen-bond donors (Lipinski definition) is 1. The van der Waals surface area contributed by atoms with Gasteiger partial charge >= 0.3 is 5.97 Å². The van der Waals surface area contributed by atoms with Crippen LogP contribution in [0.3, 0.4) is 0 Å². The van der Waals surface area contributed by atoms with Crippen LogP contribution < -0.4 is 5.32 Å². The number of nitrogens with zero attached hydrogens (tertiary/aromatic N) is 4. The second kappa shape index (κ2) is 7.09. The highest BCUT2D eigenvalue weighted by Gasteiger charge is 2.23. The lowest BCUT2D eigenvalue weighted by Gasteiger charge is -2.12. The quantitative estimate of drug-likeness (QED) is 0.706. The highest BCUT2D eigenvalue weighted by atomic mass is 35.5. The Morgan fingerprint density at radius 3 is 2.73 bits per heavy atom. The molecule has 0 bridgehead atoms. The molecular formula is C17H16ClN5O3. The number of rotatable bonds is 4. The number of benzene rings is 1. The summed E-state index contributed by atoms with van der Waals surface area (Å²) >= 11 is 5.87. The van der Waals surface area contributed by atoms with E-state index in [2.05, 4.69) is 20.4 Å². The lowest BCUT2D eigenvalue weighted by atomic mass is 10.3. The molecule has 1 N–H and O–H groups in total. The first kappa shape index (κ1) is 17.8. The molecule has 0 aliphatic heterocycles. The molecule has 3 rings (SSSR count). The predicted molar refractivity (Wildman–Crippen MR) is 95.2 cm³/mol. The van der Waals surface area contributed by atoms with E-state index in [1.807, 2.05) is 19.9 Å². The van der Waals surface area contributed by atoms with Crippen molar-refractivity contribution in [1.29, 1.82) is 0 Å². The summed E-state index contributed by atoms with van der Waals surface area (Å²) in [6.45, 7) is 5.11. The molecule has 8 nitrogen and oxygen atoms in total. The molecule has 0 fully saturated rings. The van der Waals surface area contributed by atoms with Crippen LogP contribution in [0.15, 0.2) is 30.3 Å². The molecule has 0 spiro atoms. The molecule has 134 valence electrons. The van der Waals surface area contributed by atoms with E-state index in [0.29, 0.717) is 16.5 Å². The van der Waals surface area contributed by atoms with Gasteiger partial charge in [0.05, 0.1) is 0 Å². The van der Waals surface area contributed by atoms with Crippen molar-refractivity contribution in [2.24, 2.45) is 0 Å². The number of carbonyl (C=O) groups is 2. The minimum Gasteiger partial charge on any atom is -0.447 e. The average molecular weight is 374 g/mol. The summed E-state index contributed by atoms with van der Waals surface area (Å²) in [6, 6.07) is 8.48. The third-order valence-electron chi connectivity index (χ3n) is 3.55. The lowest BCUT2D eigenvalue weighted by molar-refractivity contribution is -0.123. The molecule has 0 aliphatic rings. The second-order valence-electron chi connectivity index (χ2n) is 5.73. The number of amides is 1. The van der Waals surface area contributed by atoms with Gasteiger partial charge in [-0.05, 0) is 45.0 Å². The molecule has 2 heterocycles. The number of carbonyl (C=O) groups excluding carboxylic acids is 2. The van der Waals surface area contributed by atoms with Gasteiger partial charge in [-0.2, -0.15) is 4.98 Å². The average Bonchev–Trinajstić information content (AvgIpc) is 2.99. The van der Waals surface area contributed by atoms with Gasteiger partial charge in [-0.15, -0.1) is 5.10 Å². The van der Waals surface area contributed by atoms with Gasteiger partial charge in [0.2, 0.25) is 0 Å². The van der Waals surface area contributed by atoms with Crippen molar-refractivity contribution in [2.45, 2.75) is 26.9 Å². The molecule has 26 heavy (non-hydrogen) atoms. The maximum atomic E-state index is 12.2. The normalized spacial score (nSPS) is 12.0. The Labute approximate surface area is 154 Å². The Morgan fingerprint density at radius 2 is 2.00 bits per heavy atom. The van der Waals surface area contributed by atoms with Crippen molar-refractivity contribution in [2.75, 3.05) is 5.32 Å². The number of halogens is 1. The first-order valence-corrected chi connectivity index (χ1v) is 8.20. The van der Waals surface area contributed by atoms with E-state index in [-0.39, 0.29) is 5.82 Å². The first-order valence-electron chi connectivity index (χ1n) is 7.82. The van der Waals surface area contributed by atoms with E-state index < -0.39 is 18.0 Å². The topological polar surface area (TPSA) is 98.5 Å². The van der Waals surface area contributed by atoms with Crippen molar-refractivity contribution in [3.05, 3.63) is 52.6 Å². The van der Waals surface area contributed by atoms with Crippen LogP contribution in [-0.4, -0.2) is 37.6 Å². The van der Waals surface area contributed by atoms with Crippen LogP contribution in [0.1, 0.15) is 28.9 Å². The summed E-state index contributed by atoms with van der Waals surface area (Å²) < 4.78 is 6.59. The van der Waals surface area contributed by atoms with Crippen molar-refractivity contribution in [3.8, 4) is 0 Å². The van der Waals surface area contributed by atoms with Crippen LogP contribution in [0, 0.1) is 13.8 Å². The maximum absolute atomic E-state index is 12.2. The fourth-order valence-corrected chi connectivity index (χ4v) is 2.52. The van der Waals surface area contributed by atoms with Gasteiger partial charge in [0.1, 0.15) is 0 Å². The fraction of sp³-hybridized carbons (Fsp3) is 0.235. The predicted octanol–water partition coefficient (Wildman–Crippen LogP) is 2.58. The number of aryl methyl sites for hydroxylation is 2. The number of anilines is 1. The Morgan fingerprint density at radius 1 is 1.23 bits per heavy atom. The van der Waals surface area contributed by atoms with Crippen LogP contribution in [0.4, 0.5) is 5.69 Å². The first-order chi connectivity index (χ1) is 12.3. The molecule has 1 atom stereocenters. The zero-order valence-electron chi connectivity index (χ0n) is 14.4. The molecule has 1 aromatic carbocycles. The van der Waals surface area contributed by atoms with Crippen LogP contribution in [-0.2, 0) is 9.53 Å². The van der Waals surface area contributed by atoms with E-state index in [1.54, 1.807) is 24.3 Å². The molecule has 0 saturated carbocycles. The van der Waals surface area contributed by atoms with E-state index in [4.69, 9.17) is 16.3 Å². The van der Waals surface area contributed by atoms with E-state index in [9.17, 15) is 9.59 Å². The van der Waals surface area contributed by atoms with E-state index in [1.165, 1.54) is 11.4 Å². The number of aromatic nitrogens is 4. The Kier molecular flexibility index (Phi) is 4.85. The Bertz CT molecular complexity index is 1000. The van der Waals surface area contributed by atoms with Crippen LogP contribution >= 0.6 is 11.6 Å². The molecule has 0 unspecified atom stereocenters. The van der Waals surface area contributed by atoms with E-state index in [0.717, 1.165) is 11.4 Å². The second-order valence-corrected chi connectivity index (χ2v) is 6.17. The van der Waals surface area contributed by atoms with Crippen molar-refractivity contribution in [1.82, 2.24) is 19.6 Å². The number of fused-ring (bicyclic) bond motifs is 1. The highest BCUT2D eigenvalue weighted by Crippen LogP contribution is 2.15. The highest BCUT2D eigenvalue weighted by molar-refractivity contribution is 6.30. The summed E-state index contributed by atoms with van der Waals surface area (Å²) in [6.07, 6.45) is -1.04. The SMILES string of the molecule is Cc1cc(C)n2nc(C(=O)O[C@@H](C)C(=O)Nc3cccc(Cl)c3)nc2n1. The summed E-state index contributed by atoms with van der Waals surface area (Å²) in [5, 5.41) is 7.19. The van der Waals surface area contributed by atoms with Gasteiger partial charge in [-0.1, -0.05) is 17.7 Å². The minimum absolute atomic E-state index is 0.159. The van der Waals surface area contributed by atoms with Gasteiger partial charge in [-0.25, -0.2) is 14.3 Å². The third kappa shape index (κ3) is 3.80. The summed E-state index contributed by atoms with van der Waals surface area (Å²) in [5.74, 6) is -1.16. The minimum atomic E-state index is -1.04. The van der Waals surface area contributed by atoms with Crippen molar-refractivity contribution >= 4 is 34.9 Å². The van der Waals surface area contributed by atoms with Gasteiger partial charge < -0.3 is 10.1 Å². The van der Waals surface area contributed by atoms with Crippen LogP contribution in [0.25, 0.3) is 5.78 Å². The third-order valence-corrected chi connectivity index (χ3v) is 3.78. The molecule has 0 radical (unpaired) electrons. The largest absolute Gasteiger partial charge is 0.447 e. The van der Waals surface area contributed by atoms with E-state index >= 15 is 0 Å². The number of nitrogens with one attached hydrogen (secondary N) is 1. The Balaban J connectivity index is 1.70. The number of ether oxygens (including phenoxy) is 1. The molecule has 1 amide bonds. The van der Waals surface area contributed by atoms with Gasteiger partial charge in [0.15, 0.2) is 6.10 Å². The smallest absolute Gasteiger partial charge is 0.379 e. The lowest BCUT2D eigenvalue weighted by Crippen LogP contribution is -2.30. The van der Waals surface area contributed by atoms with Crippen LogP contribution in [0.5, 0.6) is 0 Å². The van der Waals surface area contributed by atoms with Gasteiger partial charge in [0.25, 0.3) is 17.5 Å². The molecule has 2 aromatic heterocycles. The summed E-state index contributed by atoms with van der Waals surface area (Å²) in [4.78, 5) is 32.7. The van der Waals surface area contributed by atoms with Crippen molar-refractivity contribution in [3.63, 3.8) is 0 Å².